The average Bonchev–Trinajstić information content (AvgIpc) is 2.54. The quantitative estimate of drug-likeness (QED) is 0.243. The fourth-order valence-corrected chi connectivity index (χ4v) is 2.42. The molecule has 11 nitrogen and oxygen atoms in total. The summed E-state index contributed by atoms with van der Waals surface area (Å²) in [6.07, 6.45) is -12.6. The standard InChI is InChI=1S/C12H22O11/c13-1-5-7(16)8(17)9(18)11(23-5)21-3-12(20)10(19)6(15)4(14)2-22-12/h4-11,13-20H,1-3H2/t4-,5+,6-,7+,8-,9+,10+,11-,12-/m1/s1. The highest BCUT2D eigenvalue weighted by atomic mass is 16.7. The first-order chi connectivity index (χ1) is 10.7. The molecule has 2 heterocycles. The SMILES string of the molecule is OC[C@@H]1O[C@@H](OC[C@@]2(O)OC[C@@H](O)[C@@H](O)[C@@H]2O)[C@@H](O)[C@H](O)[C@H]1O. The van der Waals surface area contributed by atoms with Crippen LogP contribution in [0.4, 0.5) is 0 Å². The Balaban J connectivity index is 1.99. The minimum absolute atomic E-state index is 0.466. The third-order valence-corrected chi connectivity index (χ3v) is 3.99. The Morgan fingerprint density at radius 3 is 2.22 bits per heavy atom. The zero-order valence-electron chi connectivity index (χ0n) is 12.0. The van der Waals surface area contributed by atoms with E-state index < -0.39 is 74.6 Å². The molecule has 0 aromatic heterocycles. The van der Waals surface area contributed by atoms with Crippen molar-refractivity contribution >= 4 is 0 Å². The van der Waals surface area contributed by atoms with Crippen LogP contribution >= 0.6 is 0 Å². The molecule has 0 amide bonds. The van der Waals surface area contributed by atoms with E-state index in [4.69, 9.17) is 19.3 Å². The number of aliphatic hydroxyl groups excluding tert-OH is 7. The van der Waals surface area contributed by atoms with Crippen molar-refractivity contribution < 1.29 is 55.1 Å². The maximum absolute atomic E-state index is 10.1. The van der Waals surface area contributed by atoms with Crippen molar-refractivity contribution in [3.05, 3.63) is 0 Å². The molecule has 2 saturated heterocycles. The molecule has 2 rings (SSSR count). The predicted octanol–water partition coefficient (Wildman–Crippen LogP) is -5.40. The number of hydrogen-bond acceptors (Lipinski definition) is 11. The molecule has 0 aliphatic carbocycles. The summed E-state index contributed by atoms with van der Waals surface area (Å²) in [5, 5.41) is 76.8. The van der Waals surface area contributed by atoms with Gasteiger partial charge < -0.3 is 55.1 Å². The van der Waals surface area contributed by atoms with Crippen molar-refractivity contribution in [3.63, 3.8) is 0 Å². The molecule has 11 heteroatoms. The Morgan fingerprint density at radius 1 is 0.957 bits per heavy atom. The molecule has 23 heavy (non-hydrogen) atoms. The average molecular weight is 342 g/mol. The van der Waals surface area contributed by atoms with E-state index >= 15 is 0 Å². The van der Waals surface area contributed by atoms with Gasteiger partial charge in [0.05, 0.1) is 13.2 Å². The van der Waals surface area contributed by atoms with Crippen LogP contribution in [0.2, 0.25) is 0 Å². The first-order valence-electron chi connectivity index (χ1n) is 7.04. The summed E-state index contributed by atoms with van der Waals surface area (Å²) >= 11 is 0. The fourth-order valence-electron chi connectivity index (χ4n) is 2.42. The van der Waals surface area contributed by atoms with Crippen LogP contribution in [0, 0.1) is 0 Å². The molecule has 0 spiro atoms. The lowest BCUT2D eigenvalue weighted by molar-refractivity contribution is -0.364. The summed E-state index contributed by atoms with van der Waals surface area (Å²) < 4.78 is 15.0. The van der Waals surface area contributed by atoms with Crippen molar-refractivity contribution in [3.8, 4) is 0 Å². The Hall–Kier alpha value is -0.440. The van der Waals surface area contributed by atoms with Crippen LogP contribution < -0.4 is 0 Å². The zero-order chi connectivity index (χ0) is 17.4. The summed E-state index contributed by atoms with van der Waals surface area (Å²) in [4.78, 5) is 0. The van der Waals surface area contributed by atoms with Gasteiger partial charge in [0.25, 0.3) is 0 Å². The van der Waals surface area contributed by atoms with Crippen LogP contribution in [0.1, 0.15) is 0 Å². The van der Waals surface area contributed by atoms with E-state index in [2.05, 4.69) is 0 Å². The number of rotatable bonds is 4. The van der Waals surface area contributed by atoms with Crippen LogP contribution in [0.5, 0.6) is 0 Å². The van der Waals surface area contributed by atoms with Gasteiger partial charge in [0.2, 0.25) is 5.79 Å². The largest absolute Gasteiger partial charge is 0.394 e. The summed E-state index contributed by atoms with van der Waals surface area (Å²) in [6, 6.07) is 0. The Labute approximate surface area is 130 Å². The van der Waals surface area contributed by atoms with Crippen molar-refractivity contribution in [2.24, 2.45) is 0 Å². The highest BCUT2D eigenvalue weighted by molar-refractivity contribution is 4.93. The van der Waals surface area contributed by atoms with E-state index in [0.29, 0.717) is 0 Å². The van der Waals surface area contributed by atoms with Gasteiger partial charge in [0.1, 0.15) is 49.3 Å². The predicted molar refractivity (Wildman–Crippen MR) is 68.6 cm³/mol. The Bertz CT molecular complexity index is 393. The third-order valence-electron chi connectivity index (χ3n) is 3.99. The van der Waals surface area contributed by atoms with Crippen LogP contribution in [-0.4, -0.2) is 115 Å². The molecule has 0 aromatic carbocycles. The van der Waals surface area contributed by atoms with Gasteiger partial charge >= 0.3 is 0 Å². The lowest BCUT2D eigenvalue weighted by atomic mass is 9.97. The van der Waals surface area contributed by atoms with E-state index in [9.17, 15) is 35.7 Å². The maximum atomic E-state index is 10.1. The summed E-state index contributed by atoms with van der Waals surface area (Å²) in [7, 11) is 0. The highest BCUT2D eigenvalue weighted by Gasteiger charge is 2.50. The molecule has 0 saturated carbocycles. The number of hydrogen-bond donors (Lipinski definition) is 8. The molecule has 0 bridgehead atoms. The van der Waals surface area contributed by atoms with Crippen molar-refractivity contribution in [1.82, 2.24) is 0 Å². The van der Waals surface area contributed by atoms with Gasteiger partial charge in [-0.1, -0.05) is 0 Å². The Morgan fingerprint density at radius 2 is 1.61 bits per heavy atom. The summed E-state index contributed by atoms with van der Waals surface area (Å²) in [5.74, 6) is -2.38. The van der Waals surface area contributed by atoms with Gasteiger partial charge in [-0.3, -0.25) is 0 Å². The molecule has 8 N–H and O–H groups in total. The molecule has 0 unspecified atom stereocenters. The lowest BCUT2D eigenvalue weighted by Gasteiger charge is -2.44. The second-order valence-electron chi connectivity index (χ2n) is 5.67. The van der Waals surface area contributed by atoms with Crippen LogP contribution in [0.15, 0.2) is 0 Å². The van der Waals surface area contributed by atoms with E-state index in [1.165, 1.54) is 0 Å². The number of ether oxygens (including phenoxy) is 3. The minimum Gasteiger partial charge on any atom is -0.394 e. The summed E-state index contributed by atoms with van der Waals surface area (Å²) in [5.41, 5.74) is 0. The molecule has 0 aromatic rings. The zero-order valence-corrected chi connectivity index (χ0v) is 12.0. The van der Waals surface area contributed by atoms with Crippen molar-refractivity contribution in [2.45, 2.75) is 54.8 Å². The molecule has 0 radical (unpaired) electrons. The second-order valence-corrected chi connectivity index (χ2v) is 5.67. The van der Waals surface area contributed by atoms with Gasteiger partial charge in [0, 0.05) is 0 Å². The molecule has 2 aliphatic rings. The van der Waals surface area contributed by atoms with E-state index in [1.807, 2.05) is 0 Å². The summed E-state index contributed by atoms with van der Waals surface area (Å²) in [6.45, 7) is -1.90. The van der Waals surface area contributed by atoms with Gasteiger partial charge in [-0.2, -0.15) is 0 Å². The molecular formula is C12H22O11. The van der Waals surface area contributed by atoms with E-state index in [0.717, 1.165) is 0 Å². The van der Waals surface area contributed by atoms with Gasteiger partial charge in [0.15, 0.2) is 6.29 Å². The fraction of sp³-hybridized carbons (Fsp3) is 1.00. The van der Waals surface area contributed by atoms with Crippen LogP contribution in [0.25, 0.3) is 0 Å². The first-order valence-corrected chi connectivity index (χ1v) is 7.04. The first kappa shape index (κ1) is 18.9. The lowest BCUT2D eigenvalue weighted by Crippen LogP contribution is -2.64. The van der Waals surface area contributed by atoms with Crippen molar-refractivity contribution in [2.75, 3.05) is 19.8 Å². The van der Waals surface area contributed by atoms with Gasteiger partial charge in [-0.05, 0) is 0 Å². The van der Waals surface area contributed by atoms with E-state index in [-0.39, 0.29) is 0 Å². The Kier molecular flexibility index (Phi) is 5.92. The molecule has 9 atom stereocenters. The van der Waals surface area contributed by atoms with Crippen molar-refractivity contribution in [1.29, 1.82) is 0 Å². The topological polar surface area (TPSA) is 190 Å². The van der Waals surface area contributed by atoms with Crippen LogP contribution in [-0.2, 0) is 14.2 Å². The normalized spacial score (nSPS) is 51.7. The smallest absolute Gasteiger partial charge is 0.219 e. The molecule has 136 valence electrons. The second kappa shape index (κ2) is 7.21. The highest BCUT2D eigenvalue weighted by Crippen LogP contribution is 2.27. The molecule has 2 fully saturated rings. The number of aliphatic hydroxyl groups is 8. The van der Waals surface area contributed by atoms with Gasteiger partial charge in [-0.15, -0.1) is 0 Å². The molecular weight excluding hydrogens is 320 g/mol. The maximum Gasteiger partial charge on any atom is 0.219 e. The molecule has 2 aliphatic heterocycles. The monoisotopic (exact) mass is 342 g/mol. The third kappa shape index (κ3) is 3.65. The van der Waals surface area contributed by atoms with Gasteiger partial charge in [-0.25, -0.2) is 0 Å². The van der Waals surface area contributed by atoms with Crippen LogP contribution in [0.3, 0.4) is 0 Å². The minimum atomic E-state index is -2.38. The van der Waals surface area contributed by atoms with E-state index in [1.54, 1.807) is 0 Å².